The maximum Gasteiger partial charge on any atom is 0.328 e. The van der Waals surface area contributed by atoms with Gasteiger partial charge >= 0.3 is 5.97 Å². The summed E-state index contributed by atoms with van der Waals surface area (Å²) in [6, 6.07) is 23.3. The van der Waals surface area contributed by atoms with E-state index in [1.54, 1.807) is 19.1 Å². The number of nitrogens with zero attached hydrogens (tertiary/aromatic N) is 1. The molecule has 3 aromatic rings. The van der Waals surface area contributed by atoms with Crippen LogP contribution in [0.1, 0.15) is 43.9 Å². The smallest absolute Gasteiger partial charge is 0.328 e. The van der Waals surface area contributed by atoms with E-state index >= 15 is 0 Å². The number of ether oxygens (including phenoxy) is 3. The van der Waals surface area contributed by atoms with Crippen LogP contribution in [0.5, 0.6) is 5.75 Å². The average Bonchev–Trinajstić information content (AvgIpc) is 3.05. The minimum absolute atomic E-state index is 0.0573. The molecule has 12 heteroatoms. The zero-order valence-corrected chi connectivity index (χ0v) is 27.6. The van der Waals surface area contributed by atoms with Crippen molar-refractivity contribution in [3.63, 3.8) is 0 Å². The molecule has 1 saturated heterocycles. The van der Waals surface area contributed by atoms with E-state index in [2.05, 4.69) is 16.0 Å². The minimum Gasteiger partial charge on any atom is -0.489 e. The molecule has 0 saturated carbocycles. The van der Waals surface area contributed by atoms with E-state index in [9.17, 15) is 24.5 Å². The lowest BCUT2D eigenvalue weighted by atomic mass is 9.96. The van der Waals surface area contributed by atoms with Gasteiger partial charge in [-0.25, -0.2) is 4.79 Å². The molecule has 1 aliphatic heterocycles. The Kier molecular flexibility index (Phi) is 13.0. The van der Waals surface area contributed by atoms with Crippen LogP contribution < -0.4 is 20.7 Å². The lowest BCUT2D eigenvalue weighted by Crippen LogP contribution is -2.68. The Labute approximate surface area is 280 Å². The van der Waals surface area contributed by atoms with Crippen molar-refractivity contribution in [1.82, 2.24) is 16.0 Å². The van der Waals surface area contributed by atoms with Crippen LogP contribution in [-0.2, 0) is 43.5 Å². The number of carbonyl (C=O) groups excluding carboxylic acids is 3. The van der Waals surface area contributed by atoms with Crippen molar-refractivity contribution >= 4 is 17.8 Å². The first-order chi connectivity index (χ1) is 23.0. The Morgan fingerprint density at radius 1 is 0.812 bits per heavy atom. The molecule has 0 aliphatic carbocycles. The molecule has 2 amide bonds. The Bertz CT molecular complexity index is 1500. The van der Waals surface area contributed by atoms with Gasteiger partial charge < -0.3 is 24.8 Å². The average molecular weight is 661 g/mol. The van der Waals surface area contributed by atoms with E-state index in [0.29, 0.717) is 18.8 Å². The molecule has 1 heterocycles. The zero-order valence-electron chi connectivity index (χ0n) is 27.6. The number of esters is 1. The van der Waals surface area contributed by atoms with Crippen molar-refractivity contribution in [3.05, 3.63) is 112 Å². The predicted molar refractivity (Wildman–Crippen MR) is 178 cm³/mol. The van der Waals surface area contributed by atoms with Crippen molar-refractivity contribution < 1.29 is 33.5 Å². The maximum absolute atomic E-state index is 13.8. The molecular weight excluding hydrogens is 616 g/mol. The van der Waals surface area contributed by atoms with Gasteiger partial charge in [0.2, 0.25) is 18.4 Å². The summed E-state index contributed by atoms with van der Waals surface area (Å²) >= 11 is 0. The summed E-state index contributed by atoms with van der Waals surface area (Å²) < 4.78 is 16.6. The molecule has 3 aromatic carbocycles. The van der Waals surface area contributed by atoms with Gasteiger partial charge in [0, 0.05) is 11.3 Å². The molecule has 48 heavy (non-hydrogen) atoms. The second-order valence-electron chi connectivity index (χ2n) is 12.6. The summed E-state index contributed by atoms with van der Waals surface area (Å²) in [6.07, 6.45) is 0.439. The molecule has 3 N–H and O–H groups in total. The Morgan fingerprint density at radius 3 is 1.94 bits per heavy atom. The zero-order chi connectivity index (χ0) is 34.5. The third kappa shape index (κ3) is 11.2. The summed E-state index contributed by atoms with van der Waals surface area (Å²) in [4.78, 5) is 51.2. The van der Waals surface area contributed by atoms with Crippen molar-refractivity contribution in [1.29, 1.82) is 0 Å². The number of nitro groups is 1. The van der Waals surface area contributed by atoms with Gasteiger partial charge in [0.25, 0.3) is 0 Å². The van der Waals surface area contributed by atoms with Gasteiger partial charge in [-0.2, -0.15) is 0 Å². The van der Waals surface area contributed by atoms with E-state index in [-0.39, 0.29) is 32.2 Å². The second-order valence-corrected chi connectivity index (χ2v) is 12.6. The second kappa shape index (κ2) is 17.4. The Morgan fingerprint density at radius 2 is 1.40 bits per heavy atom. The third-order valence-corrected chi connectivity index (χ3v) is 7.88. The number of carbonyl (C=O) groups is 3. The standard InChI is InChI=1S/C36H44N4O8/c1-25(2)18-32(35(43)48-21-29-12-8-5-9-13-29)38-34(42)31(37-33(41)26(3)39-36(22-40(44)45)23-46-24-36)19-27-14-16-30(17-15-27)47-20-28-10-6-4-7-11-28/h4-17,25-26,31-32,39H,18-24H2,1-3H3,(H,37,41)(H,38,42)/t26-,31-,32-/m0/s1. The van der Waals surface area contributed by atoms with Gasteiger partial charge in [-0.15, -0.1) is 0 Å². The van der Waals surface area contributed by atoms with Crippen molar-refractivity contribution in [2.75, 3.05) is 19.8 Å². The fourth-order valence-corrected chi connectivity index (χ4v) is 5.33. The molecule has 3 atom stereocenters. The number of rotatable bonds is 18. The summed E-state index contributed by atoms with van der Waals surface area (Å²) in [5.74, 6) is -0.966. The lowest BCUT2D eigenvalue weighted by Gasteiger charge is -2.40. The molecule has 0 spiro atoms. The number of nitrogens with one attached hydrogen (secondary N) is 3. The van der Waals surface area contributed by atoms with Crippen LogP contribution >= 0.6 is 0 Å². The molecule has 1 fully saturated rings. The quantitative estimate of drug-likeness (QED) is 0.105. The topological polar surface area (TPSA) is 158 Å². The van der Waals surface area contributed by atoms with Crippen LogP contribution in [0.3, 0.4) is 0 Å². The Hall–Kier alpha value is -4.81. The summed E-state index contributed by atoms with van der Waals surface area (Å²) in [6.45, 7) is 5.67. The SMILES string of the molecule is CC(C)C[C@H](NC(=O)[C@H](Cc1ccc(OCc2ccccc2)cc1)NC(=O)[C@H](C)NC1(C[N+](=O)[O-])COC1)C(=O)OCc1ccccc1. The highest BCUT2D eigenvalue weighted by molar-refractivity contribution is 5.92. The summed E-state index contributed by atoms with van der Waals surface area (Å²) in [7, 11) is 0. The van der Waals surface area contributed by atoms with Crippen molar-refractivity contribution in [3.8, 4) is 5.75 Å². The largest absolute Gasteiger partial charge is 0.489 e. The van der Waals surface area contributed by atoms with Crippen LogP contribution in [0, 0.1) is 16.0 Å². The first-order valence-electron chi connectivity index (χ1n) is 16.1. The first kappa shape index (κ1) is 36.0. The monoisotopic (exact) mass is 660 g/mol. The van der Waals surface area contributed by atoms with Gasteiger partial charge in [0.05, 0.1) is 19.3 Å². The van der Waals surface area contributed by atoms with Gasteiger partial charge in [-0.05, 0) is 48.1 Å². The van der Waals surface area contributed by atoms with E-state index in [0.717, 1.165) is 16.7 Å². The number of amides is 2. The lowest BCUT2D eigenvalue weighted by molar-refractivity contribution is -0.498. The Balaban J connectivity index is 1.47. The van der Waals surface area contributed by atoms with E-state index in [1.807, 2.05) is 86.6 Å². The van der Waals surface area contributed by atoms with Crippen molar-refractivity contribution in [2.24, 2.45) is 5.92 Å². The van der Waals surface area contributed by atoms with Crippen LogP contribution in [0.2, 0.25) is 0 Å². The molecule has 1 aliphatic rings. The predicted octanol–water partition coefficient (Wildman–Crippen LogP) is 3.59. The molecule has 12 nitrogen and oxygen atoms in total. The molecular formula is C36H44N4O8. The summed E-state index contributed by atoms with van der Waals surface area (Å²) in [5.41, 5.74) is 1.61. The maximum atomic E-state index is 13.8. The molecule has 4 rings (SSSR count). The van der Waals surface area contributed by atoms with E-state index in [1.165, 1.54) is 0 Å². The first-order valence-corrected chi connectivity index (χ1v) is 16.1. The van der Waals surface area contributed by atoms with Gasteiger partial charge in [-0.1, -0.05) is 86.6 Å². The third-order valence-electron chi connectivity index (χ3n) is 7.88. The summed E-state index contributed by atoms with van der Waals surface area (Å²) in [5, 5.41) is 19.9. The molecule has 0 aromatic heterocycles. The molecule has 0 unspecified atom stereocenters. The van der Waals surface area contributed by atoms with Gasteiger partial charge in [0.15, 0.2) is 0 Å². The van der Waals surface area contributed by atoms with Gasteiger partial charge in [-0.3, -0.25) is 25.0 Å². The normalized spacial score (nSPS) is 15.3. The van der Waals surface area contributed by atoms with Crippen LogP contribution in [-0.4, -0.2) is 66.1 Å². The highest BCUT2D eigenvalue weighted by Gasteiger charge is 2.45. The fraction of sp³-hybridized carbons (Fsp3) is 0.417. The number of benzene rings is 3. The van der Waals surface area contributed by atoms with E-state index in [4.69, 9.17) is 14.2 Å². The number of hydrogen-bond donors (Lipinski definition) is 3. The van der Waals surface area contributed by atoms with E-state index < -0.39 is 52.9 Å². The molecule has 256 valence electrons. The fourth-order valence-electron chi connectivity index (χ4n) is 5.33. The van der Waals surface area contributed by atoms with Crippen molar-refractivity contribution in [2.45, 2.75) is 70.5 Å². The van der Waals surface area contributed by atoms with Crippen LogP contribution in [0.4, 0.5) is 0 Å². The highest BCUT2D eigenvalue weighted by Crippen LogP contribution is 2.19. The van der Waals surface area contributed by atoms with Crippen LogP contribution in [0.25, 0.3) is 0 Å². The van der Waals surface area contributed by atoms with Crippen LogP contribution in [0.15, 0.2) is 84.9 Å². The van der Waals surface area contributed by atoms with Gasteiger partial charge in [0.1, 0.15) is 36.6 Å². The highest BCUT2D eigenvalue weighted by atomic mass is 16.6. The number of hydrogen-bond acceptors (Lipinski definition) is 9. The molecule has 0 bridgehead atoms. The minimum atomic E-state index is -1.07. The molecule has 0 radical (unpaired) electrons.